The van der Waals surface area contributed by atoms with Gasteiger partial charge in [-0.1, -0.05) is 6.07 Å². The van der Waals surface area contributed by atoms with E-state index in [1.165, 1.54) is 5.56 Å². The summed E-state index contributed by atoms with van der Waals surface area (Å²) in [6, 6.07) is 6.14. The van der Waals surface area contributed by atoms with Gasteiger partial charge in [-0.2, -0.15) is 0 Å². The third kappa shape index (κ3) is 3.49. The minimum absolute atomic E-state index is 0.765. The van der Waals surface area contributed by atoms with Crippen LogP contribution in [0.15, 0.2) is 43.0 Å². The van der Waals surface area contributed by atoms with Crippen molar-refractivity contribution in [3.05, 3.63) is 48.5 Å². The van der Waals surface area contributed by atoms with Crippen molar-refractivity contribution in [1.82, 2.24) is 14.9 Å². The number of nitrogens with two attached hydrogens (primary N) is 1. The van der Waals surface area contributed by atoms with E-state index < -0.39 is 0 Å². The summed E-state index contributed by atoms with van der Waals surface area (Å²) >= 11 is 0. The highest BCUT2D eigenvalue weighted by Gasteiger charge is 2.18. The molecule has 2 N–H and O–H groups in total. The number of hydrogen-bond acceptors (Lipinski definition) is 5. The standard InChI is InChI=1S/C16H21N5/c17-15-13-19-6-3-16(15)21-10-8-20(9-11-21)7-4-14-2-1-5-18-12-14/h1-3,5-6,12-13H,4,7-11,17H2. The molecule has 0 aromatic carbocycles. The van der Waals surface area contributed by atoms with Crippen LogP contribution in [0.4, 0.5) is 11.4 Å². The van der Waals surface area contributed by atoms with Gasteiger partial charge >= 0.3 is 0 Å². The summed E-state index contributed by atoms with van der Waals surface area (Å²) in [4.78, 5) is 13.1. The molecule has 21 heavy (non-hydrogen) atoms. The zero-order valence-electron chi connectivity index (χ0n) is 12.2. The Morgan fingerprint density at radius 2 is 1.81 bits per heavy atom. The molecule has 5 heteroatoms. The molecule has 3 rings (SSSR count). The van der Waals surface area contributed by atoms with Gasteiger partial charge in [-0.15, -0.1) is 0 Å². The molecule has 0 amide bonds. The fourth-order valence-electron chi connectivity index (χ4n) is 2.73. The molecule has 1 fully saturated rings. The molecule has 2 aromatic rings. The van der Waals surface area contributed by atoms with E-state index in [4.69, 9.17) is 5.73 Å². The van der Waals surface area contributed by atoms with Gasteiger partial charge in [0.1, 0.15) is 0 Å². The number of rotatable bonds is 4. The second-order valence-electron chi connectivity index (χ2n) is 5.37. The predicted octanol–water partition coefficient (Wildman–Crippen LogP) is 1.42. The molecule has 2 aromatic heterocycles. The smallest absolute Gasteiger partial charge is 0.0738 e. The van der Waals surface area contributed by atoms with Gasteiger partial charge in [0, 0.05) is 51.3 Å². The molecule has 110 valence electrons. The van der Waals surface area contributed by atoms with Gasteiger partial charge in [-0.25, -0.2) is 0 Å². The van der Waals surface area contributed by atoms with Crippen LogP contribution < -0.4 is 10.6 Å². The summed E-state index contributed by atoms with van der Waals surface area (Å²) < 4.78 is 0. The van der Waals surface area contributed by atoms with E-state index in [2.05, 4.69) is 25.8 Å². The van der Waals surface area contributed by atoms with Crippen LogP contribution in [0.5, 0.6) is 0 Å². The number of pyridine rings is 2. The first-order valence-corrected chi connectivity index (χ1v) is 7.38. The fourth-order valence-corrected chi connectivity index (χ4v) is 2.73. The van der Waals surface area contributed by atoms with Crippen molar-refractivity contribution >= 4 is 11.4 Å². The number of nitrogen functional groups attached to an aromatic ring is 1. The molecule has 5 nitrogen and oxygen atoms in total. The highest BCUT2D eigenvalue weighted by molar-refractivity contribution is 5.66. The minimum Gasteiger partial charge on any atom is -0.396 e. The highest BCUT2D eigenvalue weighted by atomic mass is 15.3. The van der Waals surface area contributed by atoms with Crippen LogP contribution in [0, 0.1) is 0 Å². The normalized spacial score (nSPS) is 16.1. The Bertz CT molecular complexity index is 564. The maximum absolute atomic E-state index is 6.00. The van der Waals surface area contributed by atoms with Crippen molar-refractivity contribution in [3.8, 4) is 0 Å². The summed E-state index contributed by atoms with van der Waals surface area (Å²) in [7, 11) is 0. The molecular formula is C16H21N5. The maximum atomic E-state index is 6.00. The van der Waals surface area contributed by atoms with E-state index in [1.54, 1.807) is 12.4 Å². The van der Waals surface area contributed by atoms with Gasteiger partial charge in [0.2, 0.25) is 0 Å². The lowest BCUT2D eigenvalue weighted by molar-refractivity contribution is 0.261. The molecule has 0 spiro atoms. The Morgan fingerprint density at radius 3 is 2.52 bits per heavy atom. The summed E-state index contributed by atoms with van der Waals surface area (Å²) in [5.74, 6) is 0. The molecule has 0 radical (unpaired) electrons. The molecule has 0 aliphatic carbocycles. The lowest BCUT2D eigenvalue weighted by atomic mass is 10.2. The van der Waals surface area contributed by atoms with Gasteiger partial charge < -0.3 is 10.6 Å². The monoisotopic (exact) mass is 283 g/mol. The van der Waals surface area contributed by atoms with Crippen LogP contribution in [0.3, 0.4) is 0 Å². The first-order chi connectivity index (χ1) is 10.3. The quantitative estimate of drug-likeness (QED) is 0.919. The number of hydrogen-bond donors (Lipinski definition) is 1. The van der Waals surface area contributed by atoms with Crippen LogP contribution >= 0.6 is 0 Å². The second-order valence-corrected chi connectivity index (χ2v) is 5.37. The molecule has 0 unspecified atom stereocenters. The predicted molar refractivity (Wildman–Crippen MR) is 85.2 cm³/mol. The topological polar surface area (TPSA) is 58.3 Å². The van der Waals surface area contributed by atoms with Crippen LogP contribution in [-0.2, 0) is 6.42 Å². The molecule has 0 atom stereocenters. The number of aromatic nitrogens is 2. The van der Waals surface area contributed by atoms with E-state index in [1.807, 2.05) is 24.5 Å². The maximum Gasteiger partial charge on any atom is 0.0738 e. The first kappa shape index (κ1) is 13.8. The minimum atomic E-state index is 0.765. The number of piperazine rings is 1. The van der Waals surface area contributed by atoms with Crippen LogP contribution in [0.25, 0.3) is 0 Å². The zero-order chi connectivity index (χ0) is 14.5. The molecule has 3 heterocycles. The molecule has 1 saturated heterocycles. The fraction of sp³-hybridized carbons (Fsp3) is 0.375. The van der Waals surface area contributed by atoms with Crippen molar-refractivity contribution < 1.29 is 0 Å². The van der Waals surface area contributed by atoms with Gasteiger partial charge in [-0.05, 0) is 24.1 Å². The summed E-state index contributed by atoms with van der Waals surface area (Å²) in [6.07, 6.45) is 8.37. The van der Waals surface area contributed by atoms with Gasteiger partial charge in [0.25, 0.3) is 0 Å². The SMILES string of the molecule is Nc1cnccc1N1CCN(CCc2cccnc2)CC1. The van der Waals surface area contributed by atoms with Crippen molar-refractivity contribution in [2.24, 2.45) is 0 Å². The van der Waals surface area contributed by atoms with E-state index in [9.17, 15) is 0 Å². The number of nitrogens with zero attached hydrogens (tertiary/aromatic N) is 4. The first-order valence-electron chi connectivity index (χ1n) is 7.38. The third-order valence-corrected chi connectivity index (χ3v) is 3.98. The van der Waals surface area contributed by atoms with E-state index in [0.717, 1.165) is 50.5 Å². The Labute approximate surface area is 125 Å². The lowest BCUT2D eigenvalue weighted by Crippen LogP contribution is -2.47. The Balaban J connectivity index is 1.50. The van der Waals surface area contributed by atoms with Gasteiger partial charge in [0.05, 0.1) is 17.6 Å². The van der Waals surface area contributed by atoms with Crippen molar-refractivity contribution in [2.45, 2.75) is 6.42 Å². The average molecular weight is 283 g/mol. The molecular weight excluding hydrogens is 262 g/mol. The third-order valence-electron chi connectivity index (χ3n) is 3.98. The summed E-state index contributed by atoms with van der Waals surface area (Å²) in [5, 5.41) is 0. The van der Waals surface area contributed by atoms with E-state index in [0.29, 0.717) is 0 Å². The summed E-state index contributed by atoms with van der Waals surface area (Å²) in [6.45, 7) is 5.26. The van der Waals surface area contributed by atoms with Crippen molar-refractivity contribution in [2.75, 3.05) is 43.4 Å². The summed E-state index contributed by atoms with van der Waals surface area (Å²) in [5.41, 5.74) is 9.17. The molecule has 0 bridgehead atoms. The van der Waals surface area contributed by atoms with Crippen LogP contribution in [0.1, 0.15) is 5.56 Å². The van der Waals surface area contributed by atoms with Crippen LogP contribution in [-0.4, -0.2) is 47.6 Å². The lowest BCUT2D eigenvalue weighted by Gasteiger charge is -2.36. The van der Waals surface area contributed by atoms with Crippen molar-refractivity contribution in [1.29, 1.82) is 0 Å². The molecule has 1 aliphatic heterocycles. The van der Waals surface area contributed by atoms with E-state index >= 15 is 0 Å². The average Bonchev–Trinajstić information content (AvgIpc) is 2.55. The van der Waals surface area contributed by atoms with Crippen LogP contribution in [0.2, 0.25) is 0 Å². The Kier molecular flexibility index (Phi) is 4.31. The van der Waals surface area contributed by atoms with Crippen molar-refractivity contribution in [3.63, 3.8) is 0 Å². The number of anilines is 2. The highest BCUT2D eigenvalue weighted by Crippen LogP contribution is 2.22. The molecule has 0 saturated carbocycles. The Hall–Kier alpha value is -2.14. The van der Waals surface area contributed by atoms with Gasteiger partial charge in [-0.3, -0.25) is 14.9 Å². The van der Waals surface area contributed by atoms with E-state index in [-0.39, 0.29) is 0 Å². The zero-order valence-corrected chi connectivity index (χ0v) is 12.2. The second kappa shape index (κ2) is 6.54. The van der Waals surface area contributed by atoms with Gasteiger partial charge in [0.15, 0.2) is 0 Å². The largest absolute Gasteiger partial charge is 0.396 e. The molecule has 1 aliphatic rings. The Morgan fingerprint density at radius 1 is 1.00 bits per heavy atom.